The summed E-state index contributed by atoms with van der Waals surface area (Å²) in [6.45, 7) is 4.00. The number of rotatable bonds is 10. The Bertz CT molecular complexity index is 1910. The van der Waals surface area contributed by atoms with Gasteiger partial charge in [-0.1, -0.05) is 41.7 Å². The molecule has 5 rings (SSSR count). The topological polar surface area (TPSA) is 97.6 Å². The smallest absolute Gasteiger partial charge is 0.338 e. The molecular formula is C33H31BrN2O7S. The monoisotopic (exact) mass is 678 g/mol. The Morgan fingerprint density at radius 3 is 2.45 bits per heavy atom. The van der Waals surface area contributed by atoms with Crippen LogP contribution in [0.4, 0.5) is 0 Å². The van der Waals surface area contributed by atoms with Crippen molar-refractivity contribution < 1.29 is 28.5 Å². The van der Waals surface area contributed by atoms with Crippen LogP contribution in [-0.4, -0.2) is 38.5 Å². The van der Waals surface area contributed by atoms with Crippen molar-refractivity contribution in [3.63, 3.8) is 0 Å². The van der Waals surface area contributed by atoms with E-state index in [9.17, 15) is 9.59 Å². The zero-order valence-electron chi connectivity index (χ0n) is 24.9. The number of esters is 1. The van der Waals surface area contributed by atoms with E-state index in [4.69, 9.17) is 23.7 Å². The van der Waals surface area contributed by atoms with E-state index in [0.717, 1.165) is 5.56 Å². The van der Waals surface area contributed by atoms with Gasteiger partial charge in [-0.05, 0) is 77.3 Å². The van der Waals surface area contributed by atoms with Gasteiger partial charge in [0.15, 0.2) is 16.3 Å². The number of aromatic nitrogens is 1. The number of benzene rings is 3. The largest absolute Gasteiger partial charge is 0.497 e. The molecule has 11 heteroatoms. The zero-order valence-corrected chi connectivity index (χ0v) is 27.3. The second-order valence-corrected chi connectivity index (χ2v) is 11.6. The number of carbonyl (C=O) groups excluding carboxylic acids is 1. The van der Waals surface area contributed by atoms with Crippen LogP contribution >= 0.6 is 27.3 Å². The third-order valence-electron chi connectivity index (χ3n) is 7.02. The van der Waals surface area contributed by atoms with Crippen LogP contribution in [0.5, 0.6) is 23.0 Å². The first kappa shape index (κ1) is 31.1. The fourth-order valence-corrected chi connectivity index (χ4v) is 6.60. The van der Waals surface area contributed by atoms with Crippen molar-refractivity contribution in [2.45, 2.75) is 26.5 Å². The molecule has 0 saturated carbocycles. The quantitative estimate of drug-likeness (QED) is 0.214. The third kappa shape index (κ3) is 6.15. The predicted molar refractivity (Wildman–Crippen MR) is 171 cm³/mol. The average Bonchev–Trinajstić information content (AvgIpc) is 3.33. The Labute approximate surface area is 266 Å². The molecule has 44 heavy (non-hydrogen) atoms. The highest BCUT2D eigenvalue weighted by atomic mass is 79.9. The van der Waals surface area contributed by atoms with Gasteiger partial charge in [-0.3, -0.25) is 9.36 Å². The van der Waals surface area contributed by atoms with E-state index < -0.39 is 12.0 Å². The summed E-state index contributed by atoms with van der Waals surface area (Å²) in [6.07, 6.45) is 1.77. The highest BCUT2D eigenvalue weighted by Gasteiger charge is 2.35. The van der Waals surface area contributed by atoms with E-state index in [1.165, 1.54) is 23.0 Å². The number of ether oxygens (including phenoxy) is 5. The number of thiazole rings is 1. The lowest BCUT2D eigenvalue weighted by Gasteiger charge is -2.26. The van der Waals surface area contributed by atoms with Gasteiger partial charge in [0.1, 0.15) is 24.1 Å². The number of allylic oxidation sites excluding steroid dienone is 1. The Morgan fingerprint density at radius 1 is 1.02 bits per heavy atom. The van der Waals surface area contributed by atoms with Gasteiger partial charge < -0.3 is 23.7 Å². The SMILES string of the molecule is CCOC(=O)C1=C(C)N=c2s/c(=C\c3cc(Br)c(OCc4ccccc4)c(OC)c3)c(=O)n2[C@H]1c1cc(OC)ccc1OC. The number of methoxy groups -OCH3 is 3. The van der Waals surface area contributed by atoms with E-state index in [2.05, 4.69) is 20.9 Å². The van der Waals surface area contributed by atoms with Gasteiger partial charge in [-0.2, -0.15) is 0 Å². The number of nitrogens with zero attached hydrogens (tertiary/aromatic N) is 2. The molecule has 228 valence electrons. The maximum atomic E-state index is 14.1. The average molecular weight is 680 g/mol. The molecule has 0 spiro atoms. The van der Waals surface area contributed by atoms with Crippen LogP contribution in [0, 0.1) is 0 Å². The molecule has 4 aromatic rings. The summed E-state index contributed by atoms with van der Waals surface area (Å²) in [7, 11) is 4.65. The fraction of sp³-hybridized carbons (Fsp3) is 0.242. The van der Waals surface area contributed by atoms with Gasteiger partial charge in [0.2, 0.25) is 0 Å². The summed E-state index contributed by atoms with van der Waals surface area (Å²) >= 11 is 4.83. The molecule has 2 heterocycles. The van der Waals surface area contributed by atoms with E-state index >= 15 is 0 Å². The molecule has 0 saturated heterocycles. The molecule has 0 aliphatic carbocycles. The van der Waals surface area contributed by atoms with Gasteiger partial charge in [0.25, 0.3) is 5.56 Å². The van der Waals surface area contributed by atoms with Gasteiger partial charge in [-0.25, -0.2) is 9.79 Å². The fourth-order valence-electron chi connectivity index (χ4n) is 4.98. The van der Waals surface area contributed by atoms with E-state index in [0.29, 0.717) is 60.2 Å². The lowest BCUT2D eigenvalue weighted by Crippen LogP contribution is -2.40. The van der Waals surface area contributed by atoms with Gasteiger partial charge >= 0.3 is 5.97 Å². The molecular weight excluding hydrogens is 648 g/mol. The summed E-state index contributed by atoms with van der Waals surface area (Å²) in [4.78, 5) is 32.5. The lowest BCUT2D eigenvalue weighted by molar-refractivity contribution is -0.139. The molecule has 1 aliphatic heterocycles. The van der Waals surface area contributed by atoms with E-state index in [1.807, 2.05) is 36.4 Å². The second kappa shape index (κ2) is 13.5. The first-order chi connectivity index (χ1) is 21.3. The van der Waals surface area contributed by atoms with Crippen LogP contribution in [0.2, 0.25) is 0 Å². The summed E-state index contributed by atoms with van der Waals surface area (Å²) < 4.78 is 30.9. The number of hydrogen-bond acceptors (Lipinski definition) is 9. The summed E-state index contributed by atoms with van der Waals surface area (Å²) in [5.41, 5.74) is 2.69. The van der Waals surface area contributed by atoms with E-state index in [1.54, 1.807) is 58.4 Å². The molecule has 1 aromatic heterocycles. The first-order valence-corrected chi connectivity index (χ1v) is 15.4. The zero-order chi connectivity index (χ0) is 31.4. The number of fused-ring (bicyclic) bond motifs is 1. The Hall–Kier alpha value is -4.35. The van der Waals surface area contributed by atoms with Crippen LogP contribution in [0.15, 0.2) is 86.2 Å². The molecule has 0 radical (unpaired) electrons. The van der Waals surface area contributed by atoms with Crippen molar-refractivity contribution in [1.29, 1.82) is 0 Å². The first-order valence-electron chi connectivity index (χ1n) is 13.7. The van der Waals surface area contributed by atoms with Crippen molar-refractivity contribution in [1.82, 2.24) is 4.57 Å². The van der Waals surface area contributed by atoms with Gasteiger partial charge in [0.05, 0.1) is 48.2 Å². The molecule has 0 unspecified atom stereocenters. The Kier molecular flexibility index (Phi) is 9.55. The van der Waals surface area contributed by atoms with E-state index in [-0.39, 0.29) is 17.7 Å². The Balaban J connectivity index is 1.63. The van der Waals surface area contributed by atoms with Crippen LogP contribution in [0.25, 0.3) is 6.08 Å². The predicted octanol–water partition coefficient (Wildman–Crippen LogP) is 5.17. The normalized spacial score (nSPS) is 14.5. The minimum atomic E-state index is -0.854. The summed E-state index contributed by atoms with van der Waals surface area (Å²) in [5.74, 6) is 1.54. The van der Waals surface area contributed by atoms with Crippen molar-refractivity contribution in [2.24, 2.45) is 4.99 Å². The van der Waals surface area contributed by atoms with Crippen LogP contribution in [0.1, 0.15) is 36.6 Å². The highest BCUT2D eigenvalue weighted by molar-refractivity contribution is 9.10. The lowest BCUT2D eigenvalue weighted by atomic mass is 9.94. The molecule has 9 nitrogen and oxygen atoms in total. The standard InChI is InChI=1S/C33H31BrN2O7S/c1-6-42-32(38)28-19(2)35-33-36(29(28)23-17-22(39-3)12-13-25(23)40-4)31(37)27(44-33)16-21-14-24(34)30(26(15-21)41-5)43-18-20-10-8-7-9-11-20/h7-17,29H,6,18H2,1-5H3/b27-16-/t29-/m0/s1. The minimum absolute atomic E-state index is 0.170. The molecule has 0 N–H and O–H groups in total. The second-order valence-electron chi connectivity index (χ2n) is 9.72. The maximum Gasteiger partial charge on any atom is 0.338 e. The summed E-state index contributed by atoms with van der Waals surface area (Å²) in [5, 5.41) is 0. The number of carbonyl (C=O) groups is 1. The van der Waals surface area contributed by atoms with Gasteiger partial charge in [0, 0.05) is 5.56 Å². The molecule has 0 fully saturated rings. The van der Waals surface area contributed by atoms with Crippen molar-refractivity contribution in [3.05, 3.63) is 113 Å². The maximum absolute atomic E-state index is 14.1. The molecule has 1 atom stereocenters. The highest BCUT2D eigenvalue weighted by Crippen LogP contribution is 2.39. The van der Waals surface area contributed by atoms with Crippen molar-refractivity contribution >= 4 is 39.3 Å². The molecule has 3 aromatic carbocycles. The van der Waals surface area contributed by atoms with Crippen molar-refractivity contribution in [3.8, 4) is 23.0 Å². The Morgan fingerprint density at radius 2 is 1.77 bits per heavy atom. The van der Waals surface area contributed by atoms with Crippen LogP contribution in [0.3, 0.4) is 0 Å². The number of halogens is 1. The molecule has 0 bridgehead atoms. The van der Waals surface area contributed by atoms with Crippen LogP contribution in [-0.2, 0) is 16.1 Å². The summed E-state index contributed by atoms with van der Waals surface area (Å²) in [6, 6.07) is 17.9. The third-order valence-corrected chi connectivity index (χ3v) is 8.60. The molecule has 0 amide bonds. The van der Waals surface area contributed by atoms with Crippen molar-refractivity contribution in [2.75, 3.05) is 27.9 Å². The van der Waals surface area contributed by atoms with Gasteiger partial charge in [-0.15, -0.1) is 0 Å². The molecule has 1 aliphatic rings. The van der Waals surface area contributed by atoms with Crippen LogP contribution < -0.4 is 33.8 Å². The minimum Gasteiger partial charge on any atom is -0.497 e. The number of hydrogen-bond donors (Lipinski definition) is 0.